The minimum atomic E-state index is -0.0691. The Labute approximate surface area is 154 Å². The molecule has 0 radical (unpaired) electrons. The Kier molecular flexibility index (Phi) is 5.55. The number of amides is 1. The van der Waals surface area contributed by atoms with Crippen LogP contribution in [-0.2, 0) is 10.5 Å². The number of fused-ring (bicyclic) bond motifs is 1. The van der Waals surface area contributed by atoms with Crippen LogP contribution >= 0.6 is 23.1 Å². The lowest BCUT2D eigenvalue weighted by molar-refractivity contribution is -0.116. The number of nitrogens with one attached hydrogen (secondary N) is 1. The second-order valence-corrected chi connectivity index (χ2v) is 7.96. The van der Waals surface area contributed by atoms with Crippen LogP contribution in [0.3, 0.4) is 0 Å². The highest BCUT2D eigenvalue weighted by atomic mass is 32.2. The predicted molar refractivity (Wildman–Crippen MR) is 103 cm³/mol. The van der Waals surface area contributed by atoms with Crippen molar-refractivity contribution in [3.05, 3.63) is 58.0 Å². The van der Waals surface area contributed by atoms with E-state index in [0.29, 0.717) is 23.1 Å². The third kappa shape index (κ3) is 4.49. The molecule has 0 bridgehead atoms. The Morgan fingerprint density at radius 3 is 2.96 bits per heavy atom. The third-order valence-corrected chi connectivity index (χ3v) is 5.35. The first-order chi connectivity index (χ1) is 12.0. The lowest BCUT2D eigenvalue weighted by Gasteiger charge is -2.11. The van der Waals surface area contributed by atoms with Gasteiger partial charge >= 0.3 is 0 Å². The molecular formula is C18H19N3O2S2. The molecule has 130 valence electrons. The Bertz CT molecular complexity index is 947. The van der Waals surface area contributed by atoms with E-state index in [0.717, 1.165) is 16.3 Å². The van der Waals surface area contributed by atoms with E-state index in [1.165, 1.54) is 11.3 Å². The number of carbonyl (C=O) groups excluding carboxylic acids is 1. The maximum Gasteiger partial charge on any atom is 0.258 e. The molecule has 0 fully saturated rings. The van der Waals surface area contributed by atoms with Crippen LogP contribution in [0.25, 0.3) is 4.96 Å². The van der Waals surface area contributed by atoms with Gasteiger partial charge in [0.2, 0.25) is 5.91 Å². The van der Waals surface area contributed by atoms with Crippen molar-refractivity contribution < 1.29 is 4.79 Å². The molecule has 2 heterocycles. The lowest BCUT2D eigenvalue weighted by atomic mass is 10.1. The molecule has 0 saturated heterocycles. The van der Waals surface area contributed by atoms with E-state index in [1.807, 2.05) is 43.5 Å². The third-order valence-electron chi connectivity index (χ3n) is 3.49. The quantitative estimate of drug-likeness (QED) is 0.663. The first-order valence-electron chi connectivity index (χ1n) is 8.00. The van der Waals surface area contributed by atoms with Crippen LogP contribution in [0.1, 0.15) is 26.0 Å². The molecule has 0 aliphatic rings. The molecule has 0 aliphatic carbocycles. The number of thioether (sulfide) groups is 1. The largest absolute Gasteiger partial charge is 0.325 e. The van der Waals surface area contributed by atoms with Crippen molar-refractivity contribution in [2.24, 2.45) is 5.92 Å². The van der Waals surface area contributed by atoms with E-state index in [2.05, 4.69) is 10.3 Å². The molecule has 1 aromatic carbocycles. The van der Waals surface area contributed by atoms with Crippen LogP contribution in [0.15, 0.2) is 51.6 Å². The molecule has 25 heavy (non-hydrogen) atoms. The zero-order valence-corrected chi connectivity index (χ0v) is 15.7. The fourth-order valence-corrected chi connectivity index (χ4v) is 4.02. The molecule has 3 aromatic rings. The molecule has 0 aliphatic heterocycles. The maximum atomic E-state index is 12.1. The van der Waals surface area contributed by atoms with Gasteiger partial charge in [0.05, 0.1) is 11.4 Å². The number of thiazole rings is 1. The van der Waals surface area contributed by atoms with Crippen LogP contribution in [0.5, 0.6) is 0 Å². The molecule has 0 atom stereocenters. The minimum Gasteiger partial charge on any atom is -0.325 e. The van der Waals surface area contributed by atoms with Gasteiger partial charge < -0.3 is 5.32 Å². The van der Waals surface area contributed by atoms with Crippen LogP contribution in [0.4, 0.5) is 5.69 Å². The molecule has 3 rings (SSSR count). The summed E-state index contributed by atoms with van der Waals surface area (Å²) in [6, 6.07) is 9.26. The van der Waals surface area contributed by atoms with E-state index in [4.69, 9.17) is 0 Å². The van der Waals surface area contributed by atoms with E-state index in [-0.39, 0.29) is 11.5 Å². The van der Waals surface area contributed by atoms with Gasteiger partial charge in [0, 0.05) is 34.7 Å². The van der Waals surface area contributed by atoms with Gasteiger partial charge in [0.25, 0.3) is 5.56 Å². The number of anilines is 1. The van der Waals surface area contributed by atoms with Crippen molar-refractivity contribution in [3.63, 3.8) is 0 Å². The number of nitrogens with zero attached hydrogens (tertiary/aromatic N) is 2. The maximum absolute atomic E-state index is 12.1. The zero-order valence-electron chi connectivity index (χ0n) is 14.1. The standard InChI is InChI=1S/C18H19N3O2S2/c1-12(2)9-16(22)20-14-5-3-4-6-15(14)25-11-13-10-17(23)21-7-8-24-18(21)19-13/h3-8,10,12H,9,11H2,1-2H3,(H,20,22). The highest BCUT2D eigenvalue weighted by molar-refractivity contribution is 7.98. The van der Waals surface area contributed by atoms with Crippen molar-refractivity contribution in [1.82, 2.24) is 9.38 Å². The number of aromatic nitrogens is 2. The topological polar surface area (TPSA) is 63.5 Å². The van der Waals surface area contributed by atoms with Crippen molar-refractivity contribution in [1.29, 1.82) is 0 Å². The van der Waals surface area contributed by atoms with Gasteiger partial charge in [-0.25, -0.2) is 4.98 Å². The fourth-order valence-electron chi connectivity index (χ4n) is 2.38. The van der Waals surface area contributed by atoms with Gasteiger partial charge in [-0.2, -0.15) is 0 Å². The van der Waals surface area contributed by atoms with Gasteiger partial charge in [-0.15, -0.1) is 23.1 Å². The van der Waals surface area contributed by atoms with Gasteiger partial charge in [-0.05, 0) is 18.1 Å². The molecule has 5 nitrogen and oxygen atoms in total. The van der Waals surface area contributed by atoms with Crippen molar-refractivity contribution in [2.75, 3.05) is 5.32 Å². The first-order valence-corrected chi connectivity index (χ1v) is 9.87. The van der Waals surface area contributed by atoms with E-state index >= 15 is 0 Å². The fraction of sp³-hybridized carbons (Fsp3) is 0.278. The predicted octanol–water partition coefficient (Wildman–Crippen LogP) is 4.03. The summed E-state index contributed by atoms with van der Waals surface area (Å²) < 4.78 is 1.54. The average molecular weight is 374 g/mol. The molecule has 0 saturated carbocycles. The Morgan fingerprint density at radius 1 is 1.36 bits per heavy atom. The Hall–Kier alpha value is -2.12. The van der Waals surface area contributed by atoms with Crippen LogP contribution in [0.2, 0.25) is 0 Å². The summed E-state index contributed by atoms with van der Waals surface area (Å²) in [5.41, 5.74) is 1.47. The lowest BCUT2D eigenvalue weighted by Crippen LogP contribution is -2.14. The molecular weight excluding hydrogens is 354 g/mol. The number of carbonyl (C=O) groups is 1. The second-order valence-electron chi connectivity index (χ2n) is 6.07. The normalized spacial score (nSPS) is 11.2. The highest BCUT2D eigenvalue weighted by Crippen LogP contribution is 2.29. The second kappa shape index (κ2) is 7.84. The Morgan fingerprint density at radius 2 is 2.16 bits per heavy atom. The van der Waals surface area contributed by atoms with Crippen LogP contribution in [-0.4, -0.2) is 15.3 Å². The number of hydrogen-bond acceptors (Lipinski definition) is 5. The van der Waals surface area contributed by atoms with Gasteiger partial charge in [0.1, 0.15) is 0 Å². The van der Waals surface area contributed by atoms with E-state index in [1.54, 1.807) is 28.4 Å². The van der Waals surface area contributed by atoms with Crippen molar-refractivity contribution in [2.45, 2.75) is 30.9 Å². The molecule has 2 aromatic heterocycles. The van der Waals surface area contributed by atoms with Crippen LogP contribution in [0, 0.1) is 5.92 Å². The first kappa shape index (κ1) is 17.7. The van der Waals surface area contributed by atoms with Gasteiger partial charge in [-0.3, -0.25) is 14.0 Å². The summed E-state index contributed by atoms with van der Waals surface area (Å²) in [6.07, 6.45) is 2.22. The molecule has 0 spiro atoms. The number of para-hydroxylation sites is 1. The van der Waals surface area contributed by atoms with E-state index in [9.17, 15) is 9.59 Å². The summed E-state index contributed by atoms with van der Waals surface area (Å²) in [5, 5.41) is 4.82. The zero-order chi connectivity index (χ0) is 17.8. The van der Waals surface area contributed by atoms with Gasteiger partial charge in [-0.1, -0.05) is 26.0 Å². The van der Waals surface area contributed by atoms with E-state index < -0.39 is 0 Å². The summed E-state index contributed by atoms with van der Waals surface area (Å²) in [7, 11) is 0. The molecule has 7 heteroatoms. The van der Waals surface area contributed by atoms with Crippen molar-refractivity contribution in [3.8, 4) is 0 Å². The summed E-state index contributed by atoms with van der Waals surface area (Å²) in [4.78, 5) is 30.3. The smallest absolute Gasteiger partial charge is 0.258 e. The molecule has 1 N–H and O–H groups in total. The summed E-state index contributed by atoms with van der Waals surface area (Å²) in [5.74, 6) is 0.898. The van der Waals surface area contributed by atoms with Gasteiger partial charge in [0.15, 0.2) is 4.96 Å². The minimum absolute atomic E-state index is 0.0134. The monoisotopic (exact) mass is 373 g/mol. The van der Waals surface area contributed by atoms with Crippen LogP contribution < -0.4 is 10.9 Å². The average Bonchev–Trinajstić information content (AvgIpc) is 3.02. The highest BCUT2D eigenvalue weighted by Gasteiger charge is 2.10. The Balaban J connectivity index is 1.74. The molecule has 1 amide bonds. The SMILES string of the molecule is CC(C)CC(=O)Nc1ccccc1SCc1cc(=O)n2ccsc2n1. The summed E-state index contributed by atoms with van der Waals surface area (Å²) >= 11 is 3.00. The summed E-state index contributed by atoms with van der Waals surface area (Å²) in [6.45, 7) is 4.04. The van der Waals surface area contributed by atoms with Crippen molar-refractivity contribution >= 4 is 39.7 Å². The number of hydrogen-bond donors (Lipinski definition) is 1. The number of benzene rings is 1. The number of rotatable bonds is 6. The molecule has 0 unspecified atom stereocenters.